The number of allylic oxidation sites excluding steroid dienone is 4. The van der Waals surface area contributed by atoms with Crippen LogP contribution in [0.2, 0.25) is 0 Å². The molecule has 0 aliphatic rings. The summed E-state index contributed by atoms with van der Waals surface area (Å²) in [5.74, 6) is -0.0304. The number of esters is 1. The number of carbonyl (C=O) groups is 2. The first-order chi connectivity index (χ1) is 34.5. The van der Waals surface area contributed by atoms with Crippen LogP contribution >= 0.6 is 0 Å². The van der Waals surface area contributed by atoms with E-state index in [0.29, 0.717) is 25.9 Å². The van der Waals surface area contributed by atoms with Crippen LogP contribution < -0.4 is 5.32 Å². The smallest absolute Gasteiger partial charge is 0.305 e. The maximum Gasteiger partial charge on any atom is 0.305 e. The Morgan fingerprint density at radius 3 is 1.11 bits per heavy atom. The van der Waals surface area contributed by atoms with Crippen molar-refractivity contribution >= 4 is 11.9 Å². The molecule has 3 N–H and O–H groups in total. The minimum atomic E-state index is -0.663. The van der Waals surface area contributed by atoms with E-state index < -0.39 is 12.1 Å². The van der Waals surface area contributed by atoms with Crippen LogP contribution in [0, 0.1) is 0 Å². The Labute approximate surface area is 437 Å². The topological polar surface area (TPSA) is 95.9 Å². The van der Waals surface area contributed by atoms with Crippen molar-refractivity contribution in [2.45, 2.75) is 360 Å². The van der Waals surface area contributed by atoms with E-state index in [9.17, 15) is 19.8 Å². The summed E-state index contributed by atoms with van der Waals surface area (Å²) in [6, 6.07) is -0.540. The molecule has 0 spiro atoms. The second-order valence-electron chi connectivity index (χ2n) is 21.7. The van der Waals surface area contributed by atoms with Crippen LogP contribution in [0.5, 0.6) is 0 Å². The molecule has 0 aromatic rings. The molecule has 0 fully saturated rings. The first kappa shape index (κ1) is 68.3. The number of amides is 1. The zero-order valence-electron chi connectivity index (χ0n) is 47.3. The second kappa shape index (κ2) is 59.9. The number of unbranched alkanes of at least 4 members (excludes halogenated alkanes) is 44. The van der Waals surface area contributed by atoms with Crippen molar-refractivity contribution in [2.75, 3.05) is 13.2 Å². The van der Waals surface area contributed by atoms with E-state index in [1.54, 1.807) is 0 Å². The number of hydrogen-bond acceptors (Lipinski definition) is 5. The molecule has 70 heavy (non-hydrogen) atoms. The Morgan fingerprint density at radius 1 is 0.400 bits per heavy atom. The number of aliphatic hydroxyl groups is 2. The lowest BCUT2D eigenvalue weighted by Crippen LogP contribution is -2.45. The molecule has 414 valence electrons. The molecule has 6 heteroatoms. The van der Waals surface area contributed by atoms with E-state index in [1.807, 2.05) is 0 Å². The molecule has 0 radical (unpaired) electrons. The Balaban J connectivity index is 3.36. The van der Waals surface area contributed by atoms with E-state index in [1.165, 1.54) is 263 Å². The van der Waals surface area contributed by atoms with Gasteiger partial charge in [0.05, 0.1) is 25.4 Å². The number of rotatable bonds is 59. The van der Waals surface area contributed by atoms with Crippen molar-refractivity contribution in [1.29, 1.82) is 0 Å². The van der Waals surface area contributed by atoms with Gasteiger partial charge in [0, 0.05) is 12.8 Å². The van der Waals surface area contributed by atoms with Gasteiger partial charge in [-0.15, -0.1) is 0 Å². The zero-order valence-corrected chi connectivity index (χ0v) is 47.3. The van der Waals surface area contributed by atoms with Crippen LogP contribution in [-0.4, -0.2) is 47.4 Å². The fourth-order valence-corrected chi connectivity index (χ4v) is 9.91. The first-order valence-corrected chi connectivity index (χ1v) is 31.6. The molecule has 0 aromatic carbocycles. The molecular weight excluding hydrogens is 863 g/mol. The quantitative estimate of drug-likeness (QED) is 0.0321. The van der Waals surface area contributed by atoms with E-state index in [0.717, 1.165) is 51.4 Å². The number of nitrogens with one attached hydrogen (secondary N) is 1. The summed E-state index contributed by atoms with van der Waals surface area (Å²) >= 11 is 0. The van der Waals surface area contributed by atoms with Gasteiger partial charge >= 0.3 is 5.97 Å². The summed E-state index contributed by atoms with van der Waals surface area (Å²) in [6.07, 6.45) is 73.3. The van der Waals surface area contributed by atoms with Gasteiger partial charge in [-0.25, -0.2) is 0 Å². The van der Waals surface area contributed by atoms with Crippen LogP contribution in [0.15, 0.2) is 24.3 Å². The van der Waals surface area contributed by atoms with E-state index in [4.69, 9.17) is 4.74 Å². The maximum atomic E-state index is 12.5. The fraction of sp³-hybridized carbons (Fsp3) is 0.906. The molecular formula is C64H123NO5. The fourth-order valence-electron chi connectivity index (χ4n) is 9.91. The highest BCUT2D eigenvalue weighted by Gasteiger charge is 2.20. The van der Waals surface area contributed by atoms with Crippen LogP contribution in [0.1, 0.15) is 348 Å². The van der Waals surface area contributed by atoms with E-state index >= 15 is 0 Å². The third-order valence-electron chi connectivity index (χ3n) is 14.8. The third kappa shape index (κ3) is 55.7. The predicted molar refractivity (Wildman–Crippen MR) is 306 cm³/mol. The molecule has 2 unspecified atom stereocenters. The highest BCUT2D eigenvalue weighted by molar-refractivity contribution is 5.76. The largest absolute Gasteiger partial charge is 0.466 e. The summed E-state index contributed by atoms with van der Waals surface area (Å²) in [4.78, 5) is 24.5. The van der Waals surface area contributed by atoms with Crippen molar-refractivity contribution in [3.05, 3.63) is 24.3 Å². The number of ether oxygens (including phenoxy) is 1. The Kier molecular flexibility index (Phi) is 58.5. The summed E-state index contributed by atoms with van der Waals surface area (Å²) in [6.45, 7) is 4.94. The molecule has 6 nitrogen and oxygen atoms in total. The standard InChI is InChI=1S/C64H123NO5/c1-3-5-7-9-11-13-15-17-29-34-38-42-46-50-54-58-64(69)70-59-55-51-47-43-39-35-31-28-26-24-22-20-19-21-23-25-27-30-33-37-41-45-49-53-57-63(68)65-61(60-66)62(67)56-52-48-44-40-36-32-18-16-14-12-10-8-6-4-2/h11,13,17,29,61-62,66-67H,3-10,12,14-16,18-28,30-60H2,1-2H3,(H,65,68)/b13-11-,29-17-. The van der Waals surface area contributed by atoms with Crippen LogP contribution in [-0.2, 0) is 14.3 Å². The predicted octanol–water partition coefficient (Wildman–Crippen LogP) is 19.8. The summed E-state index contributed by atoms with van der Waals surface area (Å²) in [5, 5.41) is 23.3. The minimum absolute atomic E-state index is 0.00181. The highest BCUT2D eigenvalue weighted by Crippen LogP contribution is 2.18. The van der Waals surface area contributed by atoms with Gasteiger partial charge in [0.1, 0.15) is 0 Å². The van der Waals surface area contributed by atoms with E-state index in [2.05, 4.69) is 43.5 Å². The van der Waals surface area contributed by atoms with Gasteiger partial charge in [0.15, 0.2) is 0 Å². The molecule has 0 aromatic heterocycles. The van der Waals surface area contributed by atoms with Crippen LogP contribution in [0.3, 0.4) is 0 Å². The van der Waals surface area contributed by atoms with Gasteiger partial charge in [-0.3, -0.25) is 9.59 Å². The number of aliphatic hydroxyl groups excluding tert-OH is 2. The lowest BCUT2D eigenvalue weighted by atomic mass is 10.0. The Bertz CT molecular complexity index is 1090. The molecule has 1 amide bonds. The average Bonchev–Trinajstić information content (AvgIpc) is 3.36. The number of carbonyl (C=O) groups excluding carboxylic acids is 2. The van der Waals surface area contributed by atoms with Gasteiger partial charge in [-0.1, -0.05) is 301 Å². The van der Waals surface area contributed by atoms with Crippen molar-refractivity contribution in [1.82, 2.24) is 5.32 Å². The summed E-state index contributed by atoms with van der Waals surface area (Å²) in [5.41, 5.74) is 0. The SMILES string of the molecule is CCCCC/C=C\C/C=C\CCCCCCCC(=O)OCCCCCCCCCCCCCCCCCCCCCCCCCCC(=O)NC(CO)C(O)CCCCCCCCCCCCCCCC. The molecule has 0 aliphatic carbocycles. The Morgan fingerprint density at radius 2 is 0.714 bits per heavy atom. The molecule has 0 rings (SSSR count). The summed E-state index contributed by atoms with van der Waals surface area (Å²) in [7, 11) is 0. The van der Waals surface area contributed by atoms with Crippen molar-refractivity contribution in [2.24, 2.45) is 0 Å². The molecule has 0 heterocycles. The lowest BCUT2D eigenvalue weighted by molar-refractivity contribution is -0.143. The number of hydrogen-bond donors (Lipinski definition) is 3. The highest BCUT2D eigenvalue weighted by atomic mass is 16.5. The van der Waals surface area contributed by atoms with Gasteiger partial charge in [-0.05, 0) is 57.8 Å². The van der Waals surface area contributed by atoms with E-state index in [-0.39, 0.29) is 18.5 Å². The monoisotopic (exact) mass is 986 g/mol. The van der Waals surface area contributed by atoms with Gasteiger partial charge in [-0.2, -0.15) is 0 Å². The molecule has 0 bridgehead atoms. The van der Waals surface area contributed by atoms with Crippen molar-refractivity contribution < 1.29 is 24.5 Å². The molecule has 0 aliphatic heterocycles. The van der Waals surface area contributed by atoms with Gasteiger partial charge in [0.25, 0.3) is 0 Å². The average molecular weight is 987 g/mol. The first-order valence-electron chi connectivity index (χ1n) is 31.6. The normalized spacial score (nSPS) is 12.7. The molecule has 0 saturated heterocycles. The lowest BCUT2D eigenvalue weighted by Gasteiger charge is -2.22. The third-order valence-corrected chi connectivity index (χ3v) is 14.8. The zero-order chi connectivity index (χ0) is 50.7. The van der Waals surface area contributed by atoms with Gasteiger partial charge < -0.3 is 20.3 Å². The van der Waals surface area contributed by atoms with Crippen molar-refractivity contribution in [3.63, 3.8) is 0 Å². The maximum absolute atomic E-state index is 12.5. The van der Waals surface area contributed by atoms with Crippen LogP contribution in [0.4, 0.5) is 0 Å². The Hall–Kier alpha value is -1.66. The van der Waals surface area contributed by atoms with Gasteiger partial charge in [0.2, 0.25) is 5.91 Å². The van der Waals surface area contributed by atoms with Crippen LogP contribution in [0.25, 0.3) is 0 Å². The second-order valence-corrected chi connectivity index (χ2v) is 21.7. The summed E-state index contributed by atoms with van der Waals surface area (Å²) < 4.78 is 5.48. The van der Waals surface area contributed by atoms with Crippen molar-refractivity contribution in [3.8, 4) is 0 Å². The minimum Gasteiger partial charge on any atom is -0.466 e. The molecule has 2 atom stereocenters. The molecule has 0 saturated carbocycles.